The van der Waals surface area contributed by atoms with Crippen molar-refractivity contribution < 1.29 is 19.4 Å². The second-order valence-electron chi connectivity index (χ2n) is 8.12. The van der Waals surface area contributed by atoms with E-state index in [1.165, 1.54) is 24.3 Å². The minimum Gasteiger partial charge on any atom is -0.369 e. The van der Waals surface area contributed by atoms with Crippen LogP contribution in [0.3, 0.4) is 0 Å². The van der Waals surface area contributed by atoms with Gasteiger partial charge in [-0.05, 0) is 36.8 Å². The Labute approximate surface area is 201 Å². The Balaban J connectivity index is 0.00000408. The van der Waals surface area contributed by atoms with Crippen LogP contribution in [0.2, 0.25) is 0 Å². The summed E-state index contributed by atoms with van der Waals surface area (Å²) in [6, 6.07) is 12.1. The second-order valence-corrected chi connectivity index (χ2v) is 8.12. The van der Waals surface area contributed by atoms with E-state index < -0.39 is 33.1 Å². The van der Waals surface area contributed by atoms with Gasteiger partial charge in [0.1, 0.15) is 5.54 Å². The maximum Gasteiger partial charge on any atom is 0.269 e. The Hall–Kier alpha value is -3.57. The highest BCUT2D eigenvalue weighted by atomic mass is 35.5. The summed E-state index contributed by atoms with van der Waals surface area (Å²) >= 11 is 0. The van der Waals surface area contributed by atoms with Crippen LogP contribution >= 0.6 is 12.4 Å². The van der Waals surface area contributed by atoms with Crippen LogP contribution in [0, 0.1) is 26.1 Å². The first-order chi connectivity index (χ1) is 15.6. The zero-order chi connectivity index (χ0) is 24.2. The molecule has 34 heavy (non-hydrogen) atoms. The molecule has 2 atom stereocenters. The van der Waals surface area contributed by atoms with Crippen molar-refractivity contribution >= 4 is 35.6 Å². The number of nitro groups is 2. The van der Waals surface area contributed by atoms with E-state index in [0.29, 0.717) is 32.4 Å². The predicted molar refractivity (Wildman–Crippen MR) is 126 cm³/mol. The summed E-state index contributed by atoms with van der Waals surface area (Å²) in [7, 11) is 0. The average molecular weight is 492 g/mol. The fourth-order valence-corrected chi connectivity index (χ4v) is 4.58. The first-order valence-electron chi connectivity index (χ1n) is 10.5. The summed E-state index contributed by atoms with van der Waals surface area (Å²) in [5.41, 5.74) is 11.8. The molecule has 12 heteroatoms. The highest BCUT2D eigenvalue weighted by molar-refractivity contribution is 5.93. The monoisotopic (exact) mass is 491 g/mol. The molecule has 182 valence electrons. The molecule has 3 rings (SSSR count). The Morgan fingerprint density at radius 2 is 1.38 bits per heavy atom. The second kappa shape index (κ2) is 11.0. The number of nitrogens with two attached hydrogens (primary N) is 2. The van der Waals surface area contributed by atoms with E-state index in [4.69, 9.17) is 11.5 Å². The van der Waals surface area contributed by atoms with Crippen LogP contribution in [0.4, 0.5) is 11.4 Å². The number of aryl methyl sites for hydroxylation is 1. The Bertz CT molecular complexity index is 1060. The van der Waals surface area contributed by atoms with Gasteiger partial charge in [0.2, 0.25) is 11.8 Å². The van der Waals surface area contributed by atoms with Gasteiger partial charge in [-0.3, -0.25) is 34.7 Å². The van der Waals surface area contributed by atoms with Gasteiger partial charge < -0.3 is 11.5 Å². The maximum atomic E-state index is 12.8. The van der Waals surface area contributed by atoms with Crippen molar-refractivity contribution in [3.63, 3.8) is 0 Å². The van der Waals surface area contributed by atoms with Gasteiger partial charge in [-0.25, -0.2) is 0 Å². The fraction of sp³-hybridized carbons (Fsp3) is 0.364. The molecule has 2 aromatic carbocycles. The zero-order valence-electron chi connectivity index (χ0n) is 18.3. The van der Waals surface area contributed by atoms with Gasteiger partial charge in [-0.15, -0.1) is 12.4 Å². The summed E-state index contributed by atoms with van der Waals surface area (Å²) in [6.07, 6.45) is 1.49. The predicted octanol–water partition coefficient (Wildman–Crippen LogP) is 2.13. The third-order valence-corrected chi connectivity index (χ3v) is 6.36. The molecule has 0 bridgehead atoms. The Kier molecular flexibility index (Phi) is 8.66. The van der Waals surface area contributed by atoms with Gasteiger partial charge in [0.25, 0.3) is 11.4 Å². The molecule has 2 unspecified atom stereocenters. The van der Waals surface area contributed by atoms with Gasteiger partial charge in [0.15, 0.2) is 0 Å². The number of non-ortho nitro benzene ring substituents is 2. The van der Waals surface area contributed by atoms with Gasteiger partial charge in [-0.1, -0.05) is 24.3 Å². The van der Waals surface area contributed by atoms with Crippen molar-refractivity contribution in [2.24, 2.45) is 17.4 Å². The quantitative estimate of drug-likeness (QED) is 0.377. The van der Waals surface area contributed by atoms with Gasteiger partial charge in [0, 0.05) is 37.4 Å². The first-order valence-corrected chi connectivity index (χ1v) is 10.5. The standard InChI is InChI=1S/C22H25N5O6.ClH/c23-20(28)19-11-14-25(13-10-16-3-7-18(8-4-16)27(32)33)22(19,21(24)29)12-9-15-1-5-17(6-2-15)26(30)31;/h1-8,19H,9-14H2,(H2,23,28)(H2,24,29);1H. The van der Waals surface area contributed by atoms with Gasteiger partial charge >= 0.3 is 0 Å². The molecule has 2 amide bonds. The molecule has 1 heterocycles. The number of rotatable bonds is 10. The van der Waals surface area contributed by atoms with Crippen LogP contribution < -0.4 is 11.5 Å². The molecule has 0 radical (unpaired) electrons. The molecular weight excluding hydrogens is 466 g/mol. The molecule has 2 aromatic rings. The van der Waals surface area contributed by atoms with E-state index in [2.05, 4.69) is 0 Å². The lowest BCUT2D eigenvalue weighted by Crippen LogP contribution is -2.60. The number of primary amides is 2. The van der Waals surface area contributed by atoms with Crippen molar-refractivity contribution in [3.05, 3.63) is 79.9 Å². The van der Waals surface area contributed by atoms with Crippen LogP contribution in [0.25, 0.3) is 0 Å². The van der Waals surface area contributed by atoms with Crippen molar-refractivity contribution in [2.75, 3.05) is 13.1 Å². The lowest BCUT2D eigenvalue weighted by Gasteiger charge is -2.39. The number of nitrogens with zero attached hydrogens (tertiary/aromatic N) is 3. The number of carbonyl (C=O) groups excluding carboxylic acids is 2. The number of benzene rings is 2. The van der Waals surface area contributed by atoms with E-state index in [9.17, 15) is 29.8 Å². The topological polar surface area (TPSA) is 176 Å². The summed E-state index contributed by atoms with van der Waals surface area (Å²) in [5.74, 6) is -2.00. The van der Waals surface area contributed by atoms with Crippen molar-refractivity contribution in [2.45, 2.75) is 31.2 Å². The zero-order valence-corrected chi connectivity index (χ0v) is 19.1. The molecule has 4 N–H and O–H groups in total. The highest BCUT2D eigenvalue weighted by Gasteiger charge is 2.54. The van der Waals surface area contributed by atoms with E-state index in [-0.39, 0.29) is 30.2 Å². The molecule has 11 nitrogen and oxygen atoms in total. The van der Waals surface area contributed by atoms with E-state index in [1.54, 1.807) is 24.3 Å². The number of carbonyl (C=O) groups is 2. The summed E-state index contributed by atoms with van der Waals surface area (Å²) in [5, 5.41) is 21.7. The Morgan fingerprint density at radius 3 is 1.79 bits per heavy atom. The lowest BCUT2D eigenvalue weighted by molar-refractivity contribution is -0.385. The number of likely N-dealkylation sites (tertiary alicyclic amines) is 1. The molecule has 1 fully saturated rings. The molecule has 1 aliphatic heterocycles. The molecule has 1 saturated heterocycles. The normalized spacial score (nSPS) is 19.8. The van der Waals surface area contributed by atoms with Crippen molar-refractivity contribution in [1.82, 2.24) is 4.90 Å². The molecule has 1 aliphatic rings. The van der Waals surface area contributed by atoms with E-state index in [1.807, 2.05) is 4.90 Å². The molecular formula is C22H26ClN5O6. The minimum absolute atomic E-state index is 0. The highest BCUT2D eigenvalue weighted by Crippen LogP contribution is 2.39. The number of nitro benzene ring substituents is 2. The third-order valence-electron chi connectivity index (χ3n) is 6.36. The SMILES string of the molecule is Cl.NC(=O)C1CCN(CCc2ccc([N+](=O)[O-])cc2)C1(CCc1ccc([N+](=O)[O-])cc1)C(N)=O. The first kappa shape index (κ1) is 26.7. The summed E-state index contributed by atoms with van der Waals surface area (Å²) in [6.45, 7) is 0.856. The number of amides is 2. The molecule has 0 aliphatic carbocycles. The summed E-state index contributed by atoms with van der Waals surface area (Å²) in [4.78, 5) is 47.6. The summed E-state index contributed by atoms with van der Waals surface area (Å²) < 4.78 is 0. The Morgan fingerprint density at radius 1 is 0.912 bits per heavy atom. The maximum absolute atomic E-state index is 12.8. The van der Waals surface area contributed by atoms with Gasteiger partial charge in [-0.2, -0.15) is 0 Å². The van der Waals surface area contributed by atoms with Crippen LogP contribution in [-0.2, 0) is 22.4 Å². The van der Waals surface area contributed by atoms with Crippen LogP contribution in [-0.4, -0.2) is 45.2 Å². The van der Waals surface area contributed by atoms with Crippen LogP contribution in [0.5, 0.6) is 0 Å². The van der Waals surface area contributed by atoms with Crippen LogP contribution in [0.15, 0.2) is 48.5 Å². The largest absolute Gasteiger partial charge is 0.369 e. The fourth-order valence-electron chi connectivity index (χ4n) is 4.58. The van der Waals surface area contributed by atoms with Gasteiger partial charge in [0.05, 0.1) is 15.8 Å². The van der Waals surface area contributed by atoms with Crippen molar-refractivity contribution in [3.8, 4) is 0 Å². The molecule has 0 aromatic heterocycles. The van der Waals surface area contributed by atoms with Crippen molar-refractivity contribution in [1.29, 1.82) is 0 Å². The van der Waals surface area contributed by atoms with E-state index >= 15 is 0 Å². The number of halogens is 1. The van der Waals surface area contributed by atoms with E-state index in [0.717, 1.165) is 11.1 Å². The smallest absolute Gasteiger partial charge is 0.269 e. The third kappa shape index (κ3) is 5.49. The number of hydrogen-bond donors (Lipinski definition) is 2. The molecule has 0 saturated carbocycles. The minimum atomic E-state index is -1.28. The number of hydrogen-bond acceptors (Lipinski definition) is 7. The molecule has 0 spiro atoms. The average Bonchev–Trinajstić information content (AvgIpc) is 3.16. The lowest BCUT2D eigenvalue weighted by atomic mass is 9.78. The van der Waals surface area contributed by atoms with Crippen LogP contribution in [0.1, 0.15) is 24.0 Å².